The topological polar surface area (TPSA) is 52.6 Å². The van der Waals surface area contributed by atoms with Gasteiger partial charge in [0, 0.05) is 5.56 Å². The molecular weight excluding hydrogens is 239 g/mol. The maximum atomic E-state index is 13.6. The highest BCUT2D eigenvalue weighted by molar-refractivity contribution is 6.11. The minimum atomic E-state index is -0.863. The maximum Gasteiger partial charge on any atom is 0.316 e. The Bertz CT molecular complexity index is 510. The molecule has 0 fully saturated rings. The van der Waals surface area contributed by atoms with Gasteiger partial charge in [0.15, 0.2) is 5.78 Å². The fourth-order valence-corrected chi connectivity index (χ4v) is 2.25. The number of carbonyl (C=O) groups is 2. The lowest BCUT2D eigenvalue weighted by Crippen LogP contribution is -2.31. The molecule has 0 aliphatic heterocycles. The quantitative estimate of drug-likeness (QED) is 0.594. The molecular formula is C13H13FO4. The van der Waals surface area contributed by atoms with Crippen molar-refractivity contribution in [3.8, 4) is 5.75 Å². The van der Waals surface area contributed by atoms with Gasteiger partial charge in [-0.25, -0.2) is 4.39 Å². The van der Waals surface area contributed by atoms with Crippen LogP contribution in [0.25, 0.3) is 0 Å². The van der Waals surface area contributed by atoms with Gasteiger partial charge in [0.05, 0.1) is 19.8 Å². The fraction of sp³-hybridized carbons (Fsp3) is 0.385. The van der Waals surface area contributed by atoms with Crippen LogP contribution in [0, 0.1) is 11.7 Å². The monoisotopic (exact) mass is 252 g/mol. The number of rotatable bonds is 2. The highest BCUT2D eigenvalue weighted by Crippen LogP contribution is 2.34. The molecule has 96 valence electrons. The summed E-state index contributed by atoms with van der Waals surface area (Å²) in [7, 11) is 2.64. The van der Waals surface area contributed by atoms with Gasteiger partial charge in [0.2, 0.25) is 0 Å². The predicted octanol–water partition coefficient (Wildman–Crippen LogP) is 1.75. The third kappa shape index (κ3) is 1.85. The largest absolute Gasteiger partial charge is 0.496 e. The van der Waals surface area contributed by atoms with Gasteiger partial charge < -0.3 is 9.47 Å². The summed E-state index contributed by atoms with van der Waals surface area (Å²) in [5.41, 5.74) is 0.485. The number of hydrogen-bond donors (Lipinski definition) is 0. The lowest BCUT2D eigenvalue weighted by Gasteiger charge is -2.23. The van der Waals surface area contributed by atoms with E-state index in [1.54, 1.807) is 0 Å². The first kappa shape index (κ1) is 12.5. The van der Waals surface area contributed by atoms with Crippen LogP contribution in [0.15, 0.2) is 12.1 Å². The Kier molecular flexibility index (Phi) is 3.32. The molecule has 0 bridgehead atoms. The van der Waals surface area contributed by atoms with Crippen LogP contribution in [-0.4, -0.2) is 26.0 Å². The first-order chi connectivity index (χ1) is 8.60. The standard InChI is InChI=1S/C13H13FO4/c1-17-10-6-5-9(14)7-3-4-8(13(16)18-2)12(15)11(7)10/h5-6,8H,3-4H2,1-2H3. The van der Waals surface area contributed by atoms with Crippen molar-refractivity contribution in [3.63, 3.8) is 0 Å². The number of ether oxygens (including phenoxy) is 2. The second-order valence-electron chi connectivity index (χ2n) is 4.08. The Morgan fingerprint density at radius 3 is 2.72 bits per heavy atom. The van der Waals surface area contributed by atoms with Crippen molar-refractivity contribution in [2.24, 2.45) is 5.92 Å². The smallest absolute Gasteiger partial charge is 0.316 e. The number of ketones is 1. The molecule has 5 heteroatoms. The first-order valence-corrected chi connectivity index (χ1v) is 5.57. The van der Waals surface area contributed by atoms with E-state index in [1.807, 2.05) is 0 Å². The van der Waals surface area contributed by atoms with Crippen LogP contribution in [0.4, 0.5) is 4.39 Å². The van der Waals surface area contributed by atoms with Gasteiger partial charge in [0.25, 0.3) is 0 Å². The highest BCUT2D eigenvalue weighted by atomic mass is 19.1. The Labute approximate surface area is 104 Å². The van der Waals surface area contributed by atoms with E-state index in [4.69, 9.17) is 4.74 Å². The van der Waals surface area contributed by atoms with Crippen LogP contribution < -0.4 is 4.74 Å². The minimum Gasteiger partial charge on any atom is -0.496 e. The predicted molar refractivity (Wildman–Crippen MR) is 61.1 cm³/mol. The van der Waals surface area contributed by atoms with Crippen molar-refractivity contribution in [3.05, 3.63) is 29.1 Å². The van der Waals surface area contributed by atoms with Crippen molar-refractivity contribution in [1.82, 2.24) is 0 Å². The molecule has 1 unspecified atom stereocenters. The molecule has 0 aromatic heterocycles. The number of benzene rings is 1. The van der Waals surface area contributed by atoms with Crippen LogP contribution >= 0.6 is 0 Å². The molecule has 2 rings (SSSR count). The van der Waals surface area contributed by atoms with Gasteiger partial charge in [0.1, 0.15) is 17.5 Å². The molecule has 1 atom stereocenters. The third-order valence-corrected chi connectivity index (χ3v) is 3.17. The molecule has 1 aliphatic rings. The summed E-state index contributed by atoms with van der Waals surface area (Å²) in [5, 5.41) is 0. The van der Waals surface area contributed by atoms with Gasteiger partial charge in [-0.3, -0.25) is 9.59 Å². The van der Waals surface area contributed by atoms with E-state index < -0.39 is 23.5 Å². The number of esters is 1. The van der Waals surface area contributed by atoms with Crippen LogP contribution in [0.2, 0.25) is 0 Å². The lowest BCUT2D eigenvalue weighted by molar-refractivity contribution is -0.143. The first-order valence-electron chi connectivity index (χ1n) is 5.57. The summed E-state index contributed by atoms with van der Waals surface area (Å²) in [6, 6.07) is 2.66. The number of halogens is 1. The summed E-state index contributed by atoms with van der Waals surface area (Å²) >= 11 is 0. The second-order valence-corrected chi connectivity index (χ2v) is 4.08. The molecule has 0 saturated heterocycles. The molecule has 0 amide bonds. The zero-order chi connectivity index (χ0) is 13.3. The van der Waals surface area contributed by atoms with Crippen LogP contribution in [0.1, 0.15) is 22.3 Å². The average molecular weight is 252 g/mol. The zero-order valence-corrected chi connectivity index (χ0v) is 10.2. The highest BCUT2D eigenvalue weighted by Gasteiger charge is 2.36. The van der Waals surface area contributed by atoms with Crippen molar-refractivity contribution in [2.45, 2.75) is 12.8 Å². The van der Waals surface area contributed by atoms with Crippen molar-refractivity contribution < 1.29 is 23.5 Å². The summed E-state index contributed by atoms with van der Waals surface area (Å²) in [4.78, 5) is 23.7. The van der Waals surface area contributed by atoms with E-state index in [0.717, 1.165) is 0 Å². The van der Waals surface area contributed by atoms with Gasteiger partial charge in [-0.05, 0) is 25.0 Å². The van der Waals surface area contributed by atoms with E-state index in [9.17, 15) is 14.0 Å². The molecule has 18 heavy (non-hydrogen) atoms. The Balaban J connectivity index is 2.51. The Morgan fingerprint density at radius 2 is 2.11 bits per heavy atom. The van der Waals surface area contributed by atoms with E-state index in [0.29, 0.717) is 17.7 Å². The molecule has 0 radical (unpaired) electrons. The molecule has 0 spiro atoms. The maximum absolute atomic E-state index is 13.6. The summed E-state index contributed by atoms with van der Waals surface area (Å²) in [6.07, 6.45) is 0.590. The summed E-state index contributed by atoms with van der Waals surface area (Å²) in [5.74, 6) is -2.03. The summed E-state index contributed by atoms with van der Waals surface area (Å²) in [6.45, 7) is 0. The van der Waals surface area contributed by atoms with Gasteiger partial charge in [-0.2, -0.15) is 0 Å². The number of hydrogen-bond acceptors (Lipinski definition) is 4. The number of carbonyl (C=O) groups excluding carboxylic acids is 2. The van der Waals surface area contributed by atoms with Gasteiger partial charge in [-0.15, -0.1) is 0 Å². The van der Waals surface area contributed by atoms with Crippen molar-refractivity contribution in [2.75, 3.05) is 14.2 Å². The fourth-order valence-electron chi connectivity index (χ4n) is 2.25. The van der Waals surface area contributed by atoms with Gasteiger partial charge >= 0.3 is 5.97 Å². The molecule has 1 aliphatic carbocycles. The normalized spacial score (nSPS) is 18.2. The Morgan fingerprint density at radius 1 is 1.39 bits per heavy atom. The van der Waals surface area contributed by atoms with Crippen LogP contribution in [0.5, 0.6) is 5.75 Å². The molecule has 0 saturated carbocycles. The van der Waals surface area contributed by atoms with E-state index >= 15 is 0 Å². The van der Waals surface area contributed by atoms with E-state index in [-0.39, 0.29) is 12.0 Å². The summed E-state index contributed by atoms with van der Waals surface area (Å²) < 4.78 is 23.3. The molecule has 0 N–H and O–H groups in total. The van der Waals surface area contributed by atoms with E-state index in [2.05, 4.69) is 4.74 Å². The lowest BCUT2D eigenvalue weighted by atomic mass is 9.82. The van der Waals surface area contributed by atoms with Crippen LogP contribution in [-0.2, 0) is 16.0 Å². The molecule has 1 aromatic carbocycles. The van der Waals surface area contributed by atoms with Crippen molar-refractivity contribution in [1.29, 1.82) is 0 Å². The number of methoxy groups -OCH3 is 2. The zero-order valence-electron chi connectivity index (χ0n) is 10.2. The second kappa shape index (κ2) is 4.76. The molecule has 1 aromatic rings. The number of fused-ring (bicyclic) bond motifs is 1. The molecule has 0 heterocycles. The average Bonchev–Trinajstić information content (AvgIpc) is 2.39. The minimum absolute atomic E-state index is 0.166. The SMILES string of the molecule is COC(=O)C1CCc2c(F)ccc(OC)c2C1=O. The van der Waals surface area contributed by atoms with Gasteiger partial charge in [-0.1, -0.05) is 0 Å². The van der Waals surface area contributed by atoms with Crippen molar-refractivity contribution >= 4 is 11.8 Å². The van der Waals surface area contributed by atoms with Crippen LogP contribution in [0.3, 0.4) is 0 Å². The Hall–Kier alpha value is -1.91. The number of Topliss-reactive ketones (excluding diaryl/α,β-unsaturated/α-hetero) is 1. The molecule has 4 nitrogen and oxygen atoms in total. The third-order valence-electron chi connectivity index (χ3n) is 3.17. The van der Waals surface area contributed by atoms with E-state index in [1.165, 1.54) is 26.4 Å².